The van der Waals surface area contributed by atoms with Crippen LogP contribution in [0.2, 0.25) is 0 Å². The summed E-state index contributed by atoms with van der Waals surface area (Å²) >= 11 is 3.31. The number of aromatic nitrogens is 2. The van der Waals surface area contributed by atoms with E-state index in [2.05, 4.69) is 25.8 Å². The molecule has 2 heterocycles. The van der Waals surface area contributed by atoms with Gasteiger partial charge in [0.15, 0.2) is 0 Å². The maximum Gasteiger partial charge on any atom is 0.374 e. The smallest absolute Gasteiger partial charge is 0.374 e. The van der Waals surface area contributed by atoms with Crippen molar-refractivity contribution in [1.82, 2.24) is 9.78 Å². The molecule has 0 aliphatic carbocycles. The average molecular weight is 299 g/mol. The summed E-state index contributed by atoms with van der Waals surface area (Å²) in [5, 5.41) is 4.11. The maximum atomic E-state index is 11.4. The fraction of sp³-hybridized carbons (Fsp3) is 0.273. The molecule has 0 N–H and O–H groups in total. The quantitative estimate of drug-likeness (QED) is 0.817. The zero-order valence-corrected chi connectivity index (χ0v) is 11.0. The summed E-state index contributed by atoms with van der Waals surface area (Å²) in [5.74, 6) is 0.447. The molecule has 0 fully saturated rings. The van der Waals surface area contributed by atoms with Gasteiger partial charge in [-0.3, -0.25) is 4.68 Å². The number of carbonyl (C=O) groups is 1. The van der Waals surface area contributed by atoms with Crippen LogP contribution in [0, 0.1) is 6.92 Å². The van der Waals surface area contributed by atoms with Gasteiger partial charge in [0.2, 0.25) is 5.76 Å². The predicted octanol–water partition coefficient (Wildman–Crippen LogP) is 2.38. The molecule has 0 aliphatic rings. The first-order chi connectivity index (χ1) is 8.10. The number of carbonyl (C=O) groups excluding carboxylic acids is 1. The summed E-state index contributed by atoms with van der Waals surface area (Å²) in [5.41, 5.74) is 0.762. The first-order valence-electron chi connectivity index (χ1n) is 4.95. The highest BCUT2D eigenvalue weighted by Gasteiger charge is 2.16. The second-order valence-electron chi connectivity index (χ2n) is 3.57. The van der Waals surface area contributed by atoms with E-state index in [4.69, 9.17) is 4.42 Å². The largest absolute Gasteiger partial charge is 0.463 e. The zero-order valence-electron chi connectivity index (χ0n) is 9.44. The summed E-state index contributed by atoms with van der Waals surface area (Å²) in [6, 6.07) is 1.81. The molecule has 0 unspecified atom stereocenters. The highest BCUT2D eigenvalue weighted by molar-refractivity contribution is 9.10. The number of aryl methyl sites for hydroxylation is 1. The molecule has 90 valence electrons. The Labute approximate surface area is 106 Å². The molecule has 2 aromatic rings. The van der Waals surface area contributed by atoms with Gasteiger partial charge in [0, 0.05) is 11.8 Å². The van der Waals surface area contributed by atoms with Gasteiger partial charge in [-0.05, 0) is 28.9 Å². The molecular weight excluding hydrogens is 288 g/mol. The summed E-state index contributed by atoms with van der Waals surface area (Å²) in [7, 11) is 1.33. The monoisotopic (exact) mass is 298 g/mol. The van der Waals surface area contributed by atoms with E-state index in [0.29, 0.717) is 12.3 Å². The van der Waals surface area contributed by atoms with Crippen LogP contribution in [0.15, 0.2) is 27.3 Å². The molecule has 2 rings (SSSR count). The van der Waals surface area contributed by atoms with Gasteiger partial charge in [-0.1, -0.05) is 0 Å². The molecule has 0 spiro atoms. The Balaban J connectivity index is 2.20. The van der Waals surface area contributed by atoms with Crippen LogP contribution in [0.1, 0.15) is 21.9 Å². The molecular formula is C11H11BrN2O3. The highest BCUT2D eigenvalue weighted by atomic mass is 79.9. The van der Waals surface area contributed by atoms with Crippen molar-refractivity contribution in [3.05, 3.63) is 40.0 Å². The number of furan rings is 1. The Kier molecular flexibility index (Phi) is 3.33. The minimum Gasteiger partial charge on any atom is -0.463 e. The minimum absolute atomic E-state index is 0.244. The number of hydrogen-bond acceptors (Lipinski definition) is 4. The lowest BCUT2D eigenvalue weighted by molar-refractivity contribution is 0.0561. The molecule has 17 heavy (non-hydrogen) atoms. The molecule has 0 aromatic carbocycles. The molecule has 0 radical (unpaired) electrons. The SMILES string of the molecule is COC(=O)c1oc(Cn2cc(Br)cn2)cc1C. The first-order valence-corrected chi connectivity index (χ1v) is 5.75. The van der Waals surface area contributed by atoms with Gasteiger partial charge >= 0.3 is 5.97 Å². The third-order valence-corrected chi connectivity index (χ3v) is 2.67. The Bertz CT molecular complexity index is 545. The third-order valence-electron chi connectivity index (χ3n) is 2.26. The predicted molar refractivity (Wildman–Crippen MR) is 63.8 cm³/mol. The number of esters is 1. The van der Waals surface area contributed by atoms with E-state index in [9.17, 15) is 4.79 Å². The van der Waals surface area contributed by atoms with Crippen molar-refractivity contribution in [2.45, 2.75) is 13.5 Å². The fourth-order valence-electron chi connectivity index (χ4n) is 1.51. The summed E-state index contributed by atoms with van der Waals surface area (Å²) in [4.78, 5) is 11.4. The molecule has 0 amide bonds. The molecule has 0 saturated carbocycles. The lowest BCUT2D eigenvalue weighted by Crippen LogP contribution is -2.01. The number of halogens is 1. The van der Waals surface area contributed by atoms with Gasteiger partial charge in [-0.2, -0.15) is 5.10 Å². The fourth-order valence-corrected chi connectivity index (χ4v) is 1.83. The summed E-state index contributed by atoms with van der Waals surface area (Å²) in [6.45, 7) is 2.28. The molecule has 0 bridgehead atoms. The van der Waals surface area contributed by atoms with E-state index in [0.717, 1.165) is 10.0 Å². The van der Waals surface area contributed by atoms with Crippen molar-refractivity contribution in [1.29, 1.82) is 0 Å². The summed E-state index contributed by atoms with van der Waals surface area (Å²) < 4.78 is 12.7. The van der Waals surface area contributed by atoms with Crippen LogP contribution in [-0.2, 0) is 11.3 Å². The lowest BCUT2D eigenvalue weighted by Gasteiger charge is -1.97. The maximum absolute atomic E-state index is 11.4. The van der Waals surface area contributed by atoms with Crippen molar-refractivity contribution in [3.8, 4) is 0 Å². The Morgan fingerprint density at radius 1 is 1.65 bits per heavy atom. The highest BCUT2D eigenvalue weighted by Crippen LogP contribution is 2.17. The Morgan fingerprint density at radius 2 is 2.41 bits per heavy atom. The average Bonchev–Trinajstić information content (AvgIpc) is 2.85. The first kappa shape index (κ1) is 11.9. The van der Waals surface area contributed by atoms with Crippen LogP contribution in [0.4, 0.5) is 0 Å². The van der Waals surface area contributed by atoms with Crippen LogP contribution < -0.4 is 0 Å². The van der Waals surface area contributed by atoms with Gasteiger partial charge in [0.05, 0.1) is 24.3 Å². The normalized spacial score (nSPS) is 10.5. The van der Waals surface area contributed by atoms with Crippen LogP contribution >= 0.6 is 15.9 Å². The van der Waals surface area contributed by atoms with Crippen LogP contribution in [-0.4, -0.2) is 22.9 Å². The summed E-state index contributed by atoms with van der Waals surface area (Å²) in [6.07, 6.45) is 3.52. The van der Waals surface area contributed by atoms with Gasteiger partial charge in [0.1, 0.15) is 5.76 Å². The van der Waals surface area contributed by atoms with Crippen molar-refractivity contribution in [2.75, 3.05) is 7.11 Å². The lowest BCUT2D eigenvalue weighted by atomic mass is 10.2. The van der Waals surface area contributed by atoms with Gasteiger partial charge in [0.25, 0.3) is 0 Å². The van der Waals surface area contributed by atoms with E-state index < -0.39 is 5.97 Å². The number of methoxy groups -OCH3 is 1. The van der Waals surface area contributed by atoms with E-state index >= 15 is 0 Å². The van der Waals surface area contributed by atoms with Crippen molar-refractivity contribution in [3.63, 3.8) is 0 Å². The molecule has 0 saturated heterocycles. The van der Waals surface area contributed by atoms with Crippen molar-refractivity contribution in [2.24, 2.45) is 0 Å². The molecule has 0 atom stereocenters. The Morgan fingerprint density at radius 3 is 3.00 bits per heavy atom. The third kappa shape index (κ3) is 2.58. The number of nitrogens with zero attached hydrogens (tertiary/aromatic N) is 2. The standard InChI is InChI=1S/C11H11BrN2O3/c1-7-3-9(17-10(7)11(15)16-2)6-14-5-8(12)4-13-14/h3-5H,6H2,1-2H3. The van der Waals surface area contributed by atoms with E-state index in [1.165, 1.54) is 7.11 Å². The second kappa shape index (κ2) is 4.75. The van der Waals surface area contributed by atoms with E-state index in [1.807, 2.05) is 12.3 Å². The molecule has 6 heteroatoms. The van der Waals surface area contributed by atoms with E-state index in [-0.39, 0.29) is 5.76 Å². The van der Waals surface area contributed by atoms with Gasteiger partial charge in [-0.25, -0.2) is 4.79 Å². The number of rotatable bonds is 3. The molecule has 2 aromatic heterocycles. The second-order valence-corrected chi connectivity index (χ2v) is 4.49. The van der Waals surface area contributed by atoms with Crippen LogP contribution in [0.5, 0.6) is 0 Å². The minimum atomic E-state index is -0.463. The Hall–Kier alpha value is -1.56. The molecule has 5 nitrogen and oxygen atoms in total. The van der Waals surface area contributed by atoms with Gasteiger partial charge < -0.3 is 9.15 Å². The topological polar surface area (TPSA) is 57.3 Å². The van der Waals surface area contributed by atoms with Crippen LogP contribution in [0.3, 0.4) is 0 Å². The van der Waals surface area contributed by atoms with Crippen LogP contribution in [0.25, 0.3) is 0 Å². The number of hydrogen-bond donors (Lipinski definition) is 0. The zero-order chi connectivity index (χ0) is 12.4. The van der Waals surface area contributed by atoms with E-state index in [1.54, 1.807) is 17.8 Å². The van der Waals surface area contributed by atoms with Gasteiger partial charge in [-0.15, -0.1) is 0 Å². The molecule has 0 aliphatic heterocycles. The van der Waals surface area contributed by atoms with Crippen molar-refractivity contribution < 1.29 is 13.9 Å². The van der Waals surface area contributed by atoms with Crippen molar-refractivity contribution >= 4 is 21.9 Å². The number of ether oxygens (including phenoxy) is 1.